The van der Waals surface area contributed by atoms with Crippen molar-refractivity contribution in [3.63, 3.8) is 0 Å². The molecule has 6 rings (SSSR count). The second kappa shape index (κ2) is 11.7. The number of rotatable bonds is 11. The van der Waals surface area contributed by atoms with Crippen molar-refractivity contribution in [3.8, 4) is 0 Å². The number of carboxylic acids is 1. The van der Waals surface area contributed by atoms with Crippen molar-refractivity contribution in [1.82, 2.24) is 33.9 Å². The summed E-state index contributed by atoms with van der Waals surface area (Å²) in [6, 6.07) is 13.3. The first kappa shape index (κ1) is 28.7. The summed E-state index contributed by atoms with van der Waals surface area (Å²) in [5.74, 6) is 2.25. The fourth-order valence-corrected chi connectivity index (χ4v) is 5.50. The highest BCUT2D eigenvalue weighted by atomic mass is 16.4. The van der Waals surface area contributed by atoms with Gasteiger partial charge in [0.25, 0.3) is 0 Å². The summed E-state index contributed by atoms with van der Waals surface area (Å²) in [5.41, 5.74) is 6.08. The summed E-state index contributed by atoms with van der Waals surface area (Å²) in [7, 11) is 0. The van der Waals surface area contributed by atoms with Gasteiger partial charge in [-0.2, -0.15) is 5.10 Å². The summed E-state index contributed by atoms with van der Waals surface area (Å²) in [4.78, 5) is 25.9. The molecule has 0 radical (unpaired) electrons. The molecule has 0 saturated carbocycles. The molecule has 0 spiro atoms. The van der Waals surface area contributed by atoms with Crippen molar-refractivity contribution in [2.24, 2.45) is 0 Å². The average molecular weight is 594 g/mol. The molecular weight excluding hydrogens is 558 g/mol. The maximum atomic E-state index is 11.8. The third-order valence-electron chi connectivity index (χ3n) is 7.48. The molecule has 2 aromatic carbocycles. The number of anilines is 4. The molecule has 0 saturated heterocycles. The monoisotopic (exact) mass is 593 g/mol. The molecule has 0 bridgehead atoms. The van der Waals surface area contributed by atoms with E-state index in [9.17, 15) is 9.90 Å². The Morgan fingerprint density at radius 3 is 2.41 bits per heavy atom. The van der Waals surface area contributed by atoms with Gasteiger partial charge in [-0.1, -0.05) is 31.2 Å². The number of aryl methyl sites for hydroxylation is 5. The topological polar surface area (TPSA) is 141 Å². The van der Waals surface area contributed by atoms with Crippen LogP contribution in [0.3, 0.4) is 0 Å². The van der Waals surface area contributed by atoms with E-state index in [1.807, 2.05) is 54.3 Å². The highest BCUT2D eigenvalue weighted by molar-refractivity contribution is 5.94. The molecule has 226 valence electrons. The molecule has 0 atom stereocenters. The Hall–Kier alpha value is -5.39. The molecule has 0 aliphatic carbocycles. The number of hydrogen-bond acceptors (Lipinski definition) is 8. The maximum absolute atomic E-state index is 11.8. The van der Waals surface area contributed by atoms with E-state index in [2.05, 4.69) is 50.4 Å². The Bertz CT molecular complexity index is 2030. The predicted octanol–water partition coefficient (Wildman–Crippen LogP) is 6.52. The Morgan fingerprint density at radius 1 is 0.932 bits per heavy atom. The minimum absolute atomic E-state index is 0.193. The van der Waals surface area contributed by atoms with Crippen LogP contribution in [0.5, 0.6) is 0 Å². The third kappa shape index (κ3) is 5.41. The molecule has 6 aromatic rings. The summed E-state index contributed by atoms with van der Waals surface area (Å²) in [5, 5.41) is 21.0. The summed E-state index contributed by atoms with van der Waals surface area (Å²) in [6.07, 6.45) is 4.85. The second-order valence-corrected chi connectivity index (χ2v) is 10.6. The van der Waals surface area contributed by atoms with E-state index in [0.29, 0.717) is 42.8 Å². The average Bonchev–Trinajstić information content (AvgIpc) is 3.74. The van der Waals surface area contributed by atoms with Crippen molar-refractivity contribution < 1.29 is 14.3 Å². The smallest absolute Gasteiger partial charge is 0.335 e. The molecule has 0 amide bonds. The zero-order chi connectivity index (χ0) is 31.0. The lowest BCUT2D eigenvalue weighted by molar-refractivity contribution is 0.0697. The zero-order valence-electron chi connectivity index (χ0n) is 25.4. The van der Waals surface area contributed by atoms with Crippen LogP contribution in [0, 0.1) is 20.8 Å². The van der Waals surface area contributed by atoms with Gasteiger partial charge in [-0.05, 0) is 57.0 Å². The van der Waals surface area contributed by atoms with E-state index in [0.717, 1.165) is 51.8 Å². The molecule has 44 heavy (non-hydrogen) atoms. The second-order valence-electron chi connectivity index (χ2n) is 10.6. The Balaban J connectivity index is 1.33. The van der Waals surface area contributed by atoms with E-state index >= 15 is 0 Å². The zero-order valence-corrected chi connectivity index (χ0v) is 25.4. The maximum Gasteiger partial charge on any atom is 0.335 e. The molecule has 0 unspecified atom stereocenters. The van der Waals surface area contributed by atoms with Gasteiger partial charge < -0.3 is 24.0 Å². The van der Waals surface area contributed by atoms with Gasteiger partial charge in [-0.3, -0.25) is 5.32 Å². The fourth-order valence-electron chi connectivity index (χ4n) is 5.50. The number of carboxylic acid groups (broad SMARTS) is 1. The summed E-state index contributed by atoms with van der Waals surface area (Å²) >= 11 is 0. The van der Waals surface area contributed by atoms with Gasteiger partial charge in [0.2, 0.25) is 17.8 Å². The van der Waals surface area contributed by atoms with Gasteiger partial charge in [0.05, 0.1) is 33.3 Å². The number of fused-ring (bicyclic) bond motifs is 2. The molecule has 0 aliphatic heterocycles. The van der Waals surface area contributed by atoms with E-state index in [-0.39, 0.29) is 5.56 Å². The number of para-hydroxylation sites is 2. The van der Waals surface area contributed by atoms with E-state index in [1.54, 1.807) is 19.1 Å². The lowest BCUT2D eigenvalue weighted by atomic mass is 10.1. The molecule has 12 heteroatoms. The number of aromatic carboxylic acids is 1. The van der Waals surface area contributed by atoms with E-state index in [1.165, 1.54) is 0 Å². The number of benzene rings is 2. The quantitative estimate of drug-likeness (QED) is 0.143. The van der Waals surface area contributed by atoms with Crippen molar-refractivity contribution in [2.75, 3.05) is 10.6 Å². The molecule has 3 N–H and O–H groups in total. The van der Waals surface area contributed by atoms with Gasteiger partial charge in [-0.25, -0.2) is 24.4 Å². The highest BCUT2D eigenvalue weighted by Gasteiger charge is 2.19. The van der Waals surface area contributed by atoms with Crippen molar-refractivity contribution in [3.05, 3.63) is 83.0 Å². The van der Waals surface area contributed by atoms with Crippen LogP contribution >= 0.6 is 0 Å². The Kier molecular flexibility index (Phi) is 7.64. The van der Waals surface area contributed by atoms with Gasteiger partial charge in [-0.15, -0.1) is 0 Å². The minimum atomic E-state index is -0.993. The summed E-state index contributed by atoms with van der Waals surface area (Å²) < 4.78 is 11.9. The van der Waals surface area contributed by atoms with Gasteiger partial charge in [0.15, 0.2) is 5.89 Å². The number of allylic oxidation sites excluding steroid dienone is 2. The molecule has 12 nitrogen and oxygen atoms in total. The fraction of sp³-hybridized carbons (Fsp3) is 0.281. The Morgan fingerprint density at radius 2 is 1.66 bits per heavy atom. The van der Waals surface area contributed by atoms with Gasteiger partial charge >= 0.3 is 5.97 Å². The number of nitrogens with zero attached hydrogens (tertiary/aromatic N) is 7. The number of nitrogens with one attached hydrogen (secondary N) is 2. The summed E-state index contributed by atoms with van der Waals surface area (Å²) in [6.45, 7) is 11.5. The first-order valence-electron chi connectivity index (χ1n) is 14.6. The Labute approximate surface area is 254 Å². The number of hydrogen-bond donors (Lipinski definition) is 3. The molecular formula is C32H35N9O3. The van der Waals surface area contributed by atoms with Crippen LogP contribution in [-0.2, 0) is 26.1 Å². The van der Waals surface area contributed by atoms with E-state index < -0.39 is 5.97 Å². The molecule has 4 heterocycles. The van der Waals surface area contributed by atoms with Crippen molar-refractivity contribution in [2.45, 2.75) is 60.7 Å². The van der Waals surface area contributed by atoms with Crippen LogP contribution in [0.1, 0.15) is 47.0 Å². The highest BCUT2D eigenvalue weighted by Crippen LogP contribution is 2.29. The SMILES string of the molecule is CCc1nc(C)oc1Nc1nc2cc(C(=O)O)cc(C)c2n1C/C=C/Cn1c(Nc2cc(C)nn2CC)nc2ccccc21. The van der Waals surface area contributed by atoms with Crippen LogP contribution in [-0.4, -0.2) is 44.9 Å². The van der Waals surface area contributed by atoms with Gasteiger partial charge in [0.1, 0.15) is 11.5 Å². The first-order valence-corrected chi connectivity index (χ1v) is 14.6. The predicted molar refractivity (Wildman–Crippen MR) is 170 cm³/mol. The first-order chi connectivity index (χ1) is 21.2. The van der Waals surface area contributed by atoms with Crippen LogP contribution in [0.25, 0.3) is 22.1 Å². The van der Waals surface area contributed by atoms with Gasteiger partial charge in [0, 0.05) is 32.6 Å². The van der Waals surface area contributed by atoms with Crippen LogP contribution in [0.2, 0.25) is 0 Å². The molecule has 0 fully saturated rings. The third-order valence-corrected chi connectivity index (χ3v) is 7.48. The van der Waals surface area contributed by atoms with Crippen LogP contribution in [0.4, 0.5) is 23.6 Å². The van der Waals surface area contributed by atoms with Crippen molar-refractivity contribution >= 4 is 51.6 Å². The van der Waals surface area contributed by atoms with Crippen LogP contribution < -0.4 is 10.6 Å². The number of imidazole rings is 2. The normalized spacial score (nSPS) is 11.8. The number of oxazole rings is 1. The lowest BCUT2D eigenvalue weighted by Crippen LogP contribution is -2.08. The number of carbonyl (C=O) groups is 1. The molecule has 4 aromatic heterocycles. The largest absolute Gasteiger partial charge is 0.478 e. The minimum Gasteiger partial charge on any atom is -0.478 e. The lowest BCUT2D eigenvalue weighted by Gasteiger charge is -2.11. The van der Waals surface area contributed by atoms with Crippen LogP contribution in [0.15, 0.2) is 59.0 Å². The van der Waals surface area contributed by atoms with Crippen molar-refractivity contribution in [1.29, 1.82) is 0 Å². The molecule has 0 aliphatic rings. The number of aromatic nitrogens is 7. The van der Waals surface area contributed by atoms with E-state index in [4.69, 9.17) is 14.4 Å². The standard InChI is InChI=1S/C32H35N9O3/c1-6-23-29(44-21(5)33-23)37-32-35-25-18-22(30(42)43)16-19(3)28(25)40(32)15-11-10-14-39-26-13-9-8-12-24(26)34-31(39)36-27-17-20(4)38-41(27)7-2/h8-13,16-18H,6-7,14-15H2,1-5H3,(H,34,36)(H,35,37)(H,42,43)/b11-10+.